The zero-order valence-corrected chi connectivity index (χ0v) is 20.9. The van der Waals surface area contributed by atoms with Gasteiger partial charge >= 0.3 is 12.0 Å². The van der Waals surface area contributed by atoms with Crippen LogP contribution >= 0.6 is 23.1 Å². The van der Waals surface area contributed by atoms with Gasteiger partial charge in [0.25, 0.3) is 5.89 Å². The summed E-state index contributed by atoms with van der Waals surface area (Å²) in [5.74, 6) is 0.474. The number of benzene rings is 1. The van der Waals surface area contributed by atoms with Gasteiger partial charge in [-0.15, -0.1) is 0 Å². The first-order chi connectivity index (χ1) is 16.2. The number of aryl methyl sites for hydroxylation is 1. The fourth-order valence-corrected chi connectivity index (χ4v) is 6.06. The number of thiazole rings is 1. The Morgan fingerprint density at radius 3 is 2.76 bits per heavy atom. The van der Waals surface area contributed by atoms with Crippen LogP contribution in [0.3, 0.4) is 0 Å². The molecule has 2 aromatic heterocycles. The Hall–Kier alpha value is -2.92. The number of aliphatic carboxylic acids is 1. The number of carbonyl (C=O) groups is 2. The van der Waals surface area contributed by atoms with Crippen molar-refractivity contribution in [3.05, 3.63) is 36.3 Å². The lowest BCUT2D eigenvalue weighted by Gasteiger charge is -2.26. The second-order valence-electron chi connectivity index (χ2n) is 8.79. The van der Waals surface area contributed by atoms with E-state index in [1.807, 2.05) is 24.3 Å². The molecule has 0 atom stereocenters. The maximum absolute atomic E-state index is 13.4. The molecular formula is C23H27N5O4S2. The van der Waals surface area contributed by atoms with Gasteiger partial charge in [0, 0.05) is 17.8 Å². The summed E-state index contributed by atoms with van der Waals surface area (Å²) in [7, 11) is 0. The van der Waals surface area contributed by atoms with E-state index in [4.69, 9.17) is 4.52 Å². The van der Waals surface area contributed by atoms with Crippen LogP contribution in [0.4, 0.5) is 15.6 Å². The third-order valence-corrected chi connectivity index (χ3v) is 7.86. The lowest BCUT2D eigenvalue weighted by Crippen LogP contribution is -2.38. The number of anilines is 2. The number of hydrogen-bond donors (Lipinski definition) is 2. The maximum Gasteiger partial charge on any atom is 0.328 e. The number of nitrogens with zero attached hydrogens (tertiary/aromatic N) is 4. The SMILES string of the molecule is Cc1noc(-c2cccc(N(CC3CCCC3)C(=O)Nc3ncc(SC(C)(C)C(=O)O)s3)c2)n1. The number of thioether (sulfide) groups is 1. The van der Waals surface area contributed by atoms with E-state index < -0.39 is 10.7 Å². The van der Waals surface area contributed by atoms with Crippen molar-refractivity contribution < 1.29 is 19.2 Å². The highest BCUT2D eigenvalue weighted by molar-refractivity contribution is 8.03. The lowest BCUT2D eigenvalue weighted by molar-refractivity contribution is -0.138. The average Bonchev–Trinajstić information content (AvgIpc) is 3.55. The Bertz CT molecular complexity index is 1170. The Balaban J connectivity index is 1.54. The number of hydrogen-bond acceptors (Lipinski definition) is 8. The van der Waals surface area contributed by atoms with Gasteiger partial charge in [-0.2, -0.15) is 4.98 Å². The van der Waals surface area contributed by atoms with Crippen molar-refractivity contribution in [3.8, 4) is 11.5 Å². The van der Waals surface area contributed by atoms with Gasteiger partial charge in [0.1, 0.15) is 4.75 Å². The predicted octanol–water partition coefficient (Wildman–Crippen LogP) is 5.69. The van der Waals surface area contributed by atoms with Crippen LogP contribution in [0.25, 0.3) is 11.5 Å². The van der Waals surface area contributed by atoms with Gasteiger partial charge in [-0.3, -0.25) is 15.0 Å². The van der Waals surface area contributed by atoms with Crippen LogP contribution in [-0.2, 0) is 4.79 Å². The zero-order chi connectivity index (χ0) is 24.3. The lowest BCUT2D eigenvalue weighted by atomic mass is 10.1. The molecule has 1 aliphatic rings. The molecular weight excluding hydrogens is 474 g/mol. The van der Waals surface area contributed by atoms with Gasteiger partial charge in [-0.25, -0.2) is 9.78 Å². The van der Waals surface area contributed by atoms with Crippen LogP contribution < -0.4 is 10.2 Å². The number of nitrogens with one attached hydrogen (secondary N) is 1. The third-order valence-electron chi connectivity index (χ3n) is 5.66. The van der Waals surface area contributed by atoms with E-state index in [1.54, 1.807) is 31.9 Å². The van der Waals surface area contributed by atoms with Crippen molar-refractivity contribution in [2.45, 2.75) is 55.4 Å². The van der Waals surface area contributed by atoms with Crippen LogP contribution in [0.5, 0.6) is 0 Å². The first kappa shape index (κ1) is 24.2. The summed E-state index contributed by atoms with van der Waals surface area (Å²) >= 11 is 2.46. The molecule has 180 valence electrons. The van der Waals surface area contributed by atoms with Gasteiger partial charge < -0.3 is 9.63 Å². The molecule has 2 N–H and O–H groups in total. The van der Waals surface area contributed by atoms with Crippen LogP contribution in [-0.4, -0.2) is 43.5 Å². The number of carboxylic acids is 1. The normalized spacial score (nSPS) is 14.3. The molecule has 2 amide bonds. The number of aromatic nitrogens is 3. The summed E-state index contributed by atoms with van der Waals surface area (Å²) in [4.78, 5) is 35.1. The molecule has 0 spiro atoms. The molecule has 1 aromatic carbocycles. The van der Waals surface area contributed by atoms with Gasteiger partial charge in [0.15, 0.2) is 11.0 Å². The number of carboxylic acid groups (broad SMARTS) is 1. The van der Waals surface area contributed by atoms with Crippen molar-refractivity contribution in [1.82, 2.24) is 15.1 Å². The standard InChI is InChI=1S/C23H27N5O4S2/c1-14-25-19(32-27-14)16-9-6-10-17(11-16)28(13-15-7-4-5-8-15)22(31)26-21-24-12-18(33-21)34-23(2,3)20(29)30/h6,9-12,15H,4-5,7-8,13H2,1-3H3,(H,29,30)(H,24,26,31). The molecule has 1 aliphatic carbocycles. The predicted molar refractivity (Wildman–Crippen MR) is 132 cm³/mol. The molecule has 0 aliphatic heterocycles. The number of amides is 2. The van der Waals surface area contributed by atoms with Gasteiger partial charge in [0.2, 0.25) is 0 Å². The number of carbonyl (C=O) groups excluding carboxylic acids is 1. The van der Waals surface area contributed by atoms with E-state index in [0.717, 1.165) is 28.3 Å². The highest BCUT2D eigenvalue weighted by Gasteiger charge is 2.30. The molecule has 1 fully saturated rings. The fourth-order valence-electron chi connectivity index (χ4n) is 3.80. The zero-order valence-electron chi connectivity index (χ0n) is 19.3. The monoisotopic (exact) mass is 501 g/mol. The van der Waals surface area contributed by atoms with Crippen molar-refractivity contribution in [2.75, 3.05) is 16.8 Å². The number of urea groups is 1. The maximum atomic E-state index is 13.4. The molecule has 1 saturated carbocycles. The largest absolute Gasteiger partial charge is 0.480 e. The minimum atomic E-state index is -0.990. The van der Waals surface area contributed by atoms with Gasteiger partial charge in [0.05, 0.1) is 10.4 Å². The minimum Gasteiger partial charge on any atom is -0.480 e. The smallest absolute Gasteiger partial charge is 0.328 e. The fraction of sp³-hybridized carbons (Fsp3) is 0.435. The molecule has 11 heteroatoms. The summed E-state index contributed by atoms with van der Waals surface area (Å²) in [5, 5.41) is 16.5. The van der Waals surface area contributed by atoms with E-state index in [2.05, 4.69) is 20.4 Å². The Kier molecular flexibility index (Phi) is 7.22. The first-order valence-electron chi connectivity index (χ1n) is 11.1. The molecule has 0 bridgehead atoms. The van der Waals surface area contributed by atoms with Crippen LogP contribution in [0.15, 0.2) is 39.2 Å². The van der Waals surface area contributed by atoms with Crippen molar-refractivity contribution in [3.63, 3.8) is 0 Å². The summed E-state index contributed by atoms with van der Waals surface area (Å²) in [6.07, 6.45) is 6.13. The summed E-state index contributed by atoms with van der Waals surface area (Å²) < 4.78 is 5.03. The molecule has 2 heterocycles. The van der Waals surface area contributed by atoms with Gasteiger partial charge in [-0.05, 0) is 57.7 Å². The summed E-state index contributed by atoms with van der Waals surface area (Å²) in [6, 6.07) is 7.22. The Morgan fingerprint density at radius 2 is 2.09 bits per heavy atom. The first-order valence-corrected chi connectivity index (χ1v) is 12.7. The average molecular weight is 502 g/mol. The number of rotatable bonds is 8. The molecule has 9 nitrogen and oxygen atoms in total. The van der Waals surface area contributed by atoms with E-state index in [9.17, 15) is 14.7 Å². The minimum absolute atomic E-state index is 0.283. The quantitative estimate of drug-likeness (QED) is 0.378. The molecule has 0 radical (unpaired) electrons. The summed E-state index contributed by atoms with van der Waals surface area (Å²) in [6.45, 7) is 5.63. The van der Waals surface area contributed by atoms with Gasteiger partial charge in [-0.1, -0.05) is 47.2 Å². The van der Waals surface area contributed by atoms with Crippen LogP contribution in [0.1, 0.15) is 45.4 Å². The molecule has 0 unspecified atom stereocenters. The highest BCUT2D eigenvalue weighted by atomic mass is 32.2. The Labute approximate surface area is 206 Å². The van der Waals surface area contributed by atoms with E-state index in [1.165, 1.54) is 35.9 Å². The third kappa shape index (κ3) is 5.76. The Morgan fingerprint density at radius 1 is 1.32 bits per heavy atom. The van der Waals surface area contributed by atoms with E-state index in [-0.39, 0.29) is 6.03 Å². The van der Waals surface area contributed by atoms with Crippen molar-refractivity contribution >= 4 is 45.9 Å². The molecule has 0 saturated heterocycles. The van der Waals surface area contributed by atoms with E-state index >= 15 is 0 Å². The van der Waals surface area contributed by atoms with Crippen molar-refractivity contribution in [1.29, 1.82) is 0 Å². The van der Waals surface area contributed by atoms with Crippen molar-refractivity contribution in [2.24, 2.45) is 5.92 Å². The second-order valence-corrected chi connectivity index (χ2v) is 11.7. The summed E-state index contributed by atoms with van der Waals surface area (Å²) in [5.41, 5.74) is 1.47. The van der Waals surface area contributed by atoms with E-state index in [0.29, 0.717) is 29.3 Å². The highest BCUT2D eigenvalue weighted by Crippen LogP contribution is 2.38. The van der Waals surface area contributed by atoms with Crippen LogP contribution in [0, 0.1) is 12.8 Å². The molecule has 34 heavy (non-hydrogen) atoms. The second kappa shape index (κ2) is 10.1. The topological polar surface area (TPSA) is 121 Å². The van der Waals surface area contributed by atoms with Crippen LogP contribution in [0.2, 0.25) is 0 Å². The molecule has 4 rings (SSSR count). The molecule has 3 aromatic rings.